The third-order valence-corrected chi connectivity index (χ3v) is 5.99. The second-order valence-corrected chi connectivity index (χ2v) is 8.21. The quantitative estimate of drug-likeness (QED) is 0.896. The summed E-state index contributed by atoms with van der Waals surface area (Å²) in [5.74, 6) is 0.450. The zero-order valence-electron chi connectivity index (χ0n) is 16.4. The van der Waals surface area contributed by atoms with Gasteiger partial charge in [0.2, 0.25) is 5.91 Å². The standard InChI is InChI=1S/C22H34N2O2/c1-17-9-10-20(18(2)14-17)21(25)16-23-11-7-8-19(15-23)22(26)24-12-5-3-4-6-13-24/h9-10,14,19,21,25H,3-8,11-13,15-16H2,1-2H3/t19-,21+/m0/s1. The maximum absolute atomic E-state index is 12.9. The molecule has 1 aromatic carbocycles. The van der Waals surface area contributed by atoms with Crippen LogP contribution in [0.4, 0.5) is 0 Å². The molecule has 2 fully saturated rings. The van der Waals surface area contributed by atoms with E-state index in [4.69, 9.17) is 0 Å². The Morgan fingerprint density at radius 1 is 1.12 bits per heavy atom. The van der Waals surface area contributed by atoms with Crippen LogP contribution in [0.2, 0.25) is 0 Å². The summed E-state index contributed by atoms with van der Waals surface area (Å²) in [5, 5.41) is 10.7. The van der Waals surface area contributed by atoms with Gasteiger partial charge in [0.15, 0.2) is 0 Å². The summed E-state index contributed by atoms with van der Waals surface area (Å²) < 4.78 is 0. The average Bonchev–Trinajstić information content (AvgIpc) is 2.90. The van der Waals surface area contributed by atoms with E-state index in [1.54, 1.807) is 0 Å². The lowest BCUT2D eigenvalue weighted by atomic mass is 9.95. The molecule has 1 amide bonds. The molecule has 0 bridgehead atoms. The molecule has 26 heavy (non-hydrogen) atoms. The number of likely N-dealkylation sites (tertiary alicyclic amines) is 2. The molecule has 3 rings (SSSR count). The van der Waals surface area contributed by atoms with Gasteiger partial charge in [-0.2, -0.15) is 0 Å². The van der Waals surface area contributed by atoms with Gasteiger partial charge in [-0.15, -0.1) is 0 Å². The maximum Gasteiger partial charge on any atom is 0.226 e. The fraction of sp³-hybridized carbons (Fsp3) is 0.682. The Kier molecular flexibility index (Phi) is 6.71. The van der Waals surface area contributed by atoms with Crippen LogP contribution >= 0.6 is 0 Å². The van der Waals surface area contributed by atoms with Gasteiger partial charge in [0.05, 0.1) is 12.0 Å². The van der Waals surface area contributed by atoms with Gasteiger partial charge in [0.1, 0.15) is 0 Å². The summed E-state index contributed by atoms with van der Waals surface area (Å²) in [6.07, 6.45) is 6.35. The first kappa shape index (κ1) is 19.4. The molecule has 2 saturated heterocycles. The Hall–Kier alpha value is -1.39. The number of amides is 1. The van der Waals surface area contributed by atoms with Crippen LogP contribution in [0.15, 0.2) is 18.2 Å². The highest BCUT2D eigenvalue weighted by atomic mass is 16.3. The van der Waals surface area contributed by atoms with Gasteiger partial charge < -0.3 is 10.0 Å². The first-order valence-corrected chi connectivity index (χ1v) is 10.3. The molecule has 0 aromatic heterocycles. The van der Waals surface area contributed by atoms with E-state index in [0.717, 1.165) is 63.0 Å². The number of aliphatic hydroxyl groups excluding tert-OH is 1. The molecule has 2 heterocycles. The molecule has 2 aliphatic heterocycles. The second kappa shape index (κ2) is 9.01. The molecule has 0 radical (unpaired) electrons. The third kappa shape index (κ3) is 4.86. The zero-order chi connectivity index (χ0) is 18.5. The van der Waals surface area contributed by atoms with Gasteiger partial charge in [0, 0.05) is 26.2 Å². The molecule has 0 saturated carbocycles. The van der Waals surface area contributed by atoms with Crippen molar-refractivity contribution in [3.8, 4) is 0 Å². The van der Waals surface area contributed by atoms with Gasteiger partial charge in [0.25, 0.3) is 0 Å². The smallest absolute Gasteiger partial charge is 0.226 e. The minimum absolute atomic E-state index is 0.105. The molecule has 2 aliphatic rings. The number of rotatable bonds is 4. The number of carbonyl (C=O) groups excluding carboxylic acids is 1. The highest BCUT2D eigenvalue weighted by molar-refractivity contribution is 5.79. The average molecular weight is 359 g/mol. The lowest BCUT2D eigenvalue weighted by molar-refractivity contribution is -0.137. The van der Waals surface area contributed by atoms with Gasteiger partial charge in [-0.05, 0) is 57.2 Å². The van der Waals surface area contributed by atoms with Crippen molar-refractivity contribution < 1.29 is 9.90 Å². The van der Waals surface area contributed by atoms with Gasteiger partial charge >= 0.3 is 0 Å². The molecule has 1 aromatic rings. The summed E-state index contributed by atoms with van der Waals surface area (Å²) in [6, 6.07) is 6.23. The Bertz CT molecular complexity index is 608. The topological polar surface area (TPSA) is 43.8 Å². The molecule has 144 valence electrons. The Morgan fingerprint density at radius 2 is 1.85 bits per heavy atom. The van der Waals surface area contributed by atoms with E-state index in [-0.39, 0.29) is 5.92 Å². The minimum Gasteiger partial charge on any atom is -0.387 e. The van der Waals surface area contributed by atoms with Crippen molar-refractivity contribution in [2.75, 3.05) is 32.7 Å². The lowest BCUT2D eigenvalue weighted by Gasteiger charge is -2.35. The third-order valence-electron chi connectivity index (χ3n) is 5.99. The van der Waals surface area contributed by atoms with Crippen LogP contribution in [-0.2, 0) is 4.79 Å². The molecule has 0 unspecified atom stereocenters. The van der Waals surface area contributed by atoms with Crippen LogP contribution in [0, 0.1) is 19.8 Å². The molecule has 4 heteroatoms. The van der Waals surface area contributed by atoms with Gasteiger partial charge in [-0.1, -0.05) is 36.6 Å². The first-order valence-electron chi connectivity index (χ1n) is 10.3. The van der Waals surface area contributed by atoms with E-state index in [2.05, 4.69) is 35.8 Å². The van der Waals surface area contributed by atoms with Crippen LogP contribution in [0.3, 0.4) is 0 Å². The zero-order valence-corrected chi connectivity index (χ0v) is 16.4. The summed E-state index contributed by atoms with van der Waals surface area (Å²) in [7, 11) is 0. The molecule has 4 nitrogen and oxygen atoms in total. The summed E-state index contributed by atoms with van der Waals surface area (Å²) in [4.78, 5) is 17.3. The minimum atomic E-state index is -0.484. The molecule has 0 aliphatic carbocycles. The number of benzene rings is 1. The molecule has 0 spiro atoms. The number of piperidine rings is 1. The van der Waals surface area contributed by atoms with E-state index in [9.17, 15) is 9.90 Å². The van der Waals surface area contributed by atoms with Gasteiger partial charge in [-0.25, -0.2) is 0 Å². The number of aryl methyl sites for hydroxylation is 2. The lowest BCUT2D eigenvalue weighted by Crippen LogP contribution is -2.46. The summed E-state index contributed by atoms with van der Waals surface area (Å²) in [6.45, 7) is 8.39. The highest BCUT2D eigenvalue weighted by Crippen LogP contribution is 2.25. The number of hydrogen-bond donors (Lipinski definition) is 1. The first-order chi connectivity index (χ1) is 12.5. The summed E-state index contributed by atoms with van der Waals surface area (Å²) >= 11 is 0. The molecular weight excluding hydrogens is 324 g/mol. The fourth-order valence-electron chi connectivity index (χ4n) is 4.51. The van der Waals surface area contributed by atoms with Crippen LogP contribution in [0.5, 0.6) is 0 Å². The number of β-amino-alcohol motifs (C(OH)–C–C–N with tert-alkyl or cyclic N) is 1. The van der Waals surface area contributed by atoms with Crippen molar-refractivity contribution in [3.63, 3.8) is 0 Å². The maximum atomic E-state index is 12.9. The van der Waals surface area contributed by atoms with Crippen LogP contribution < -0.4 is 0 Å². The van der Waals surface area contributed by atoms with Crippen LogP contribution in [0.1, 0.15) is 61.3 Å². The second-order valence-electron chi connectivity index (χ2n) is 8.21. The van der Waals surface area contributed by atoms with E-state index < -0.39 is 6.10 Å². The van der Waals surface area contributed by atoms with Crippen molar-refractivity contribution in [1.29, 1.82) is 0 Å². The summed E-state index contributed by atoms with van der Waals surface area (Å²) in [5.41, 5.74) is 3.38. The number of nitrogens with zero attached hydrogens (tertiary/aromatic N) is 2. The molecular formula is C22H34N2O2. The van der Waals surface area contributed by atoms with Crippen molar-refractivity contribution in [2.24, 2.45) is 5.92 Å². The monoisotopic (exact) mass is 358 g/mol. The highest BCUT2D eigenvalue weighted by Gasteiger charge is 2.30. The van der Waals surface area contributed by atoms with Gasteiger partial charge in [-0.3, -0.25) is 9.69 Å². The van der Waals surface area contributed by atoms with E-state index >= 15 is 0 Å². The van der Waals surface area contributed by atoms with Crippen molar-refractivity contribution >= 4 is 5.91 Å². The number of carbonyl (C=O) groups is 1. The number of hydrogen-bond acceptors (Lipinski definition) is 3. The van der Waals surface area contributed by atoms with E-state index in [1.807, 2.05) is 6.07 Å². The molecule has 1 N–H and O–H groups in total. The fourth-order valence-corrected chi connectivity index (χ4v) is 4.51. The Labute approximate surface area is 158 Å². The van der Waals surface area contributed by atoms with Crippen molar-refractivity contribution in [2.45, 2.75) is 58.5 Å². The predicted molar refractivity (Wildman–Crippen MR) is 105 cm³/mol. The van der Waals surface area contributed by atoms with Crippen LogP contribution in [-0.4, -0.2) is 53.5 Å². The number of aliphatic hydroxyl groups is 1. The van der Waals surface area contributed by atoms with E-state index in [1.165, 1.54) is 18.4 Å². The van der Waals surface area contributed by atoms with Crippen LogP contribution in [0.25, 0.3) is 0 Å². The Balaban J connectivity index is 1.58. The van der Waals surface area contributed by atoms with Crippen molar-refractivity contribution in [3.05, 3.63) is 34.9 Å². The van der Waals surface area contributed by atoms with Crippen molar-refractivity contribution in [1.82, 2.24) is 9.80 Å². The van der Waals surface area contributed by atoms with E-state index in [0.29, 0.717) is 12.5 Å². The molecule has 2 atom stereocenters. The Morgan fingerprint density at radius 3 is 2.54 bits per heavy atom. The SMILES string of the molecule is Cc1ccc([C@H](O)CN2CCC[C@H](C(=O)N3CCCCCC3)C2)c(C)c1. The largest absolute Gasteiger partial charge is 0.387 e. The normalized spacial score (nSPS) is 23.5. The predicted octanol–water partition coefficient (Wildman–Crippen LogP) is 3.45.